The molecule has 2 aromatic rings. The van der Waals surface area contributed by atoms with Crippen LogP contribution in [0.3, 0.4) is 0 Å². The topological polar surface area (TPSA) is 36.7 Å². The lowest BCUT2D eigenvalue weighted by atomic mass is 10.1. The van der Waals surface area contributed by atoms with E-state index >= 15 is 0 Å². The minimum atomic E-state index is -0.253. The molecule has 1 aliphatic rings. The van der Waals surface area contributed by atoms with Gasteiger partial charge < -0.3 is 9.64 Å². The fourth-order valence-corrected chi connectivity index (χ4v) is 3.34. The number of esters is 1. The molecule has 0 atom stereocenters. The summed E-state index contributed by atoms with van der Waals surface area (Å²) in [7, 11) is 2.05. The second kappa shape index (κ2) is 10.3. The second-order valence-electron chi connectivity index (χ2n) is 6.87. The molecule has 1 aromatic heterocycles. The Morgan fingerprint density at radius 3 is 2.54 bits per heavy atom. The summed E-state index contributed by atoms with van der Waals surface area (Å²) in [6.45, 7) is 5.15. The summed E-state index contributed by atoms with van der Waals surface area (Å²) in [5.74, 6) is -0.111. The van der Waals surface area contributed by atoms with Crippen molar-refractivity contribution in [3.63, 3.8) is 0 Å². The minimum absolute atomic E-state index is 0.142. The molecule has 148 valence electrons. The predicted molar refractivity (Wildman–Crippen MR) is 116 cm³/mol. The van der Waals surface area contributed by atoms with Crippen LogP contribution in [0.5, 0.6) is 0 Å². The first-order chi connectivity index (χ1) is 13.7. The average molecular weight is 399 g/mol. The molecule has 1 fully saturated rings. The van der Waals surface area contributed by atoms with Crippen LogP contribution in [0.25, 0.3) is 12.2 Å². The van der Waals surface area contributed by atoms with Crippen LogP contribution in [-0.4, -0.2) is 56.0 Å². The molecular formula is C22H28N3O2S+. The van der Waals surface area contributed by atoms with Crippen molar-refractivity contribution in [1.82, 2.24) is 4.90 Å². The minimum Gasteiger partial charge on any atom is -0.464 e. The van der Waals surface area contributed by atoms with Crippen molar-refractivity contribution in [1.29, 1.82) is 0 Å². The third kappa shape index (κ3) is 5.84. The quantitative estimate of drug-likeness (QED) is 0.441. The number of carbonyl (C=O) groups is 1. The van der Waals surface area contributed by atoms with Gasteiger partial charge in [-0.25, -0.2) is 4.57 Å². The number of anilines is 1. The van der Waals surface area contributed by atoms with E-state index in [1.165, 1.54) is 16.9 Å². The van der Waals surface area contributed by atoms with E-state index in [9.17, 15) is 4.79 Å². The monoisotopic (exact) mass is 398 g/mol. The highest BCUT2D eigenvalue weighted by molar-refractivity contribution is 7.81. The zero-order valence-electron chi connectivity index (χ0n) is 16.3. The van der Waals surface area contributed by atoms with Gasteiger partial charge >= 0.3 is 5.97 Å². The first kappa shape index (κ1) is 20.4. The van der Waals surface area contributed by atoms with Crippen LogP contribution in [0.1, 0.15) is 11.3 Å². The number of benzene rings is 1. The number of hydrogen-bond donors (Lipinski definition) is 1. The third-order valence-electron chi connectivity index (χ3n) is 4.97. The predicted octanol–water partition coefficient (Wildman–Crippen LogP) is 2.28. The molecule has 0 saturated carbocycles. The van der Waals surface area contributed by atoms with E-state index in [-0.39, 0.29) is 11.7 Å². The molecule has 3 rings (SSSR count). The van der Waals surface area contributed by atoms with Crippen molar-refractivity contribution in [2.24, 2.45) is 7.05 Å². The molecule has 0 bridgehead atoms. The van der Waals surface area contributed by atoms with Crippen molar-refractivity contribution in [2.45, 2.75) is 0 Å². The van der Waals surface area contributed by atoms with Crippen molar-refractivity contribution >= 4 is 36.4 Å². The van der Waals surface area contributed by atoms with Crippen LogP contribution in [0, 0.1) is 0 Å². The number of hydrogen-bond acceptors (Lipinski definition) is 5. The van der Waals surface area contributed by atoms with Crippen LogP contribution in [0.2, 0.25) is 0 Å². The summed E-state index contributed by atoms with van der Waals surface area (Å²) in [4.78, 5) is 15.9. The molecule has 0 spiro atoms. The van der Waals surface area contributed by atoms with Crippen LogP contribution in [0.15, 0.2) is 48.7 Å². The Hall–Kier alpha value is -2.31. The van der Waals surface area contributed by atoms with Gasteiger partial charge in [-0.05, 0) is 29.8 Å². The Morgan fingerprint density at radius 2 is 1.86 bits per heavy atom. The molecule has 0 aliphatic carbocycles. The smallest absolute Gasteiger partial charge is 0.315 e. The van der Waals surface area contributed by atoms with E-state index < -0.39 is 0 Å². The van der Waals surface area contributed by atoms with Crippen LogP contribution in [-0.2, 0) is 16.6 Å². The molecule has 0 amide bonds. The van der Waals surface area contributed by atoms with Gasteiger partial charge in [-0.15, -0.1) is 0 Å². The average Bonchev–Trinajstić information content (AvgIpc) is 2.74. The van der Waals surface area contributed by atoms with Gasteiger partial charge in [0.25, 0.3) is 0 Å². The van der Waals surface area contributed by atoms with Gasteiger partial charge in [-0.1, -0.05) is 12.1 Å². The van der Waals surface area contributed by atoms with E-state index in [0.29, 0.717) is 6.61 Å². The number of piperazine rings is 1. The number of rotatable bonds is 7. The number of thiol groups is 1. The molecule has 1 aromatic carbocycles. The maximum atomic E-state index is 11.1. The zero-order valence-corrected chi connectivity index (χ0v) is 17.2. The number of ether oxygens (including phenoxy) is 1. The van der Waals surface area contributed by atoms with Gasteiger partial charge in [0.15, 0.2) is 6.20 Å². The molecular weight excluding hydrogens is 370 g/mol. The van der Waals surface area contributed by atoms with Crippen molar-refractivity contribution in [3.05, 3.63) is 59.9 Å². The summed E-state index contributed by atoms with van der Waals surface area (Å²) >= 11 is 3.91. The number of aromatic nitrogens is 1. The summed E-state index contributed by atoms with van der Waals surface area (Å²) < 4.78 is 7.20. The fraction of sp³-hybridized carbons (Fsp3) is 0.364. The van der Waals surface area contributed by atoms with Gasteiger partial charge in [0, 0.05) is 56.6 Å². The Kier molecular flexibility index (Phi) is 7.51. The zero-order chi connectivity index (χ0) is 19.8. The van der Waals surface area contributed by atoms with Crippen LogP contribution in [0.4, 0.5) is 5.69 Å². The number of pyridine rings is 1. The number of aryl methyl sites for hydroxylation is 1. The lowest BCUT2D eigenvalue weighted by Crippen LogP contribution is -2.47. The van der Waals surface area contributed by atoms with Gasteiger partial charge in [0.05, 0.1) is 5.75 Å². The highest BCUT2D eigenvalue weighted by atomic mass is 32.1. The molecule has 1 aliphatic heterocycles. The second-order valence-corrected chi connectivity index (χ2v) is 7.18. The van der Waals surface area contributed by atoms with E-state index in [2.05, 4.69) is 69.5 Å². The molecule has 2 heterocycles. The summed E-state index contributed by atoms with van der Waals surface area (Å²) in [6.07, 6.45) is 6.32. The molecule has 0 radical (unpaired) electrons. The Labute approximate surface area is 172 Å². The van der Waals surface area contributed by atoms with Crippen molar-refractivity contribution in [2.75, 3.05) is 50.0 Å². The summed E-state index contributed by atoms with van der Waals surface area (Å²) in [5.41, 5.74) is 3.61. The summed E-state index contributed by atoms with van der Waals surface area (Å²) in [5, 5.41) is 0. The highest BCUT2D eigenvalue weighted by Crippen LogP contribution is 2.18. The fourth-order valence-electron chi connectivity index (χ4n) is 3.25. The number of nitrogens with zero attached hydrogens (tertiary/aromatic N) is 3. The van der Waals surface area contributed by atoms with E-state index in [1.54, 1.807) is 0 Å². The van der Waals surface area contributed by atoms with E-state index in [4.69, 9.17) is 4.74 Å². The van der Waals surface area contributed by atoms with Crippen LogP contribution < -0.4 is 9.47 Å². The van der Waals surface area contributed by atoms with Gasteiger partial charge in [0.1, 0.15) is 13.7 Å². The summed E-state index contributed by atoms with van der Waals surface area (Å²) in [6, 6.07) is 14.9. The number of carbonyl (C=O) groups excluding carboxylic acids is 1. The molecule has 0 N–H and O–H groups in total. The molecule has 28 heavy (non-hydrogen) atoms. The van der Waals surface area contributed by atoms with Gasteiger partial charge in [-0.3, -0.25) is 9.69 Å². The first-order valence-electron chi connectivity index (χ1n) is 9.62. The molecule has 1 saturated heterocycles. The van der Waals surface area contributed by atoms with E-state index in [1.807, 2.05) is 25.4 Å². The Balaban J connectivity index is 1.48. The normalized spacial score (nSPS) is 15.1. The van der Waals surface area contributed by atoms with Crippen LogP contribution >= 0.6 is 12.6 Å². The lowest BCUT2D eigenvalue weighted by Gasteiger charge is -2.36. The molecule has 5 nitrogen and oxygen atoms in total. The Bertz CT molecular complexity index is 800. The lowest BCUT2D eigenvalue weighted by molar-refractivity contribution is -0.673. The first-order valence-corrected chi connectivity index (χ1v) is 10.3. The SMILES string of the molecule is C[n+]1ccccc1/C=C/c1ccc(N2CCN(CCOC(=O)CS)CC2)cc1. The van der Waals surface area contributed by atoms with Crippen molar-refractivity contribution in [3.8, 4) is 0 Å². The standard InChI is InChI=1S/C22H27N3O2S/c1-23-11-3-2-4-20(23)8-5-19-6-9-21(10-7-19)25-14-12-24(13-15-25)16-17-27-22(26)18-28/h2-11H,12-18H2,1H3/p+1. The third-order valence-corrected chi connectivity index (χ3v) is 5.23. The largest absolute Gasteiger partial charge is 0.464 e. The van der Waals surface area contributed by atoms with Crippen molar-refractivity contribution < 1.29 is 14.1 Å². The maximum absolute atomic E-state index is 11.1. The Morgan fingerprint density at radius 1 is 1.11 bits per heavy atom. The molecule has 6 heteroatoms. The van der Waals surface area contributed by atoms with Gasteiger partial charge in [-0.2, -0.15) is 12.6 Å². The van der Waals surface area contributed by atoms with E-state index in [0.717, 1.165) is 32.7 Å². The van der Waals surface area contributed by atoms with Gasteiger partial charge in [0.2, 0.25) is 5.69 Å². The highest BCUT2D eigenvalue weighted by Gasteiger charge is 2.17. The molecule has 0 unspecified atom stereocenters. The maximum Gasteiger partial charge on any atom is 0.315 e.